The van der Waals surface area contributed by atoms with Crippen molar-refractivity contribution in [3.05, 3.63) is 82.9 Å². The normalized spacial score (nSPS) is 21.7. The number of hydrogen-bond acceptors (Lipinski definition) is 1. The van der Waals surface area contributed by atoms with Crippen molar-refractivity contribution >= 4 is 17.9 Å². The lowest BCUT2D eigenvalue weighted by Gasteiger charge is -2.35. The lowest BCUT2D eigenvalue weighted by atomic mass is 9.68. The summed E-state index contributed by atoms with van der Waals surface area (Å²) < 4.78 is 0. The first-order chi connectivity index (χ1) is 11.9. The van der Waals surface area contributed by atoms with E-state index in [0.717, 1.165) is 35.1 Å². The third-order valence-corrected chi connectivity index (χ3v) is 5.02. The number of rotatable bonds is 2. The number of hydrogen-bond donors (Lipinski definition) is 0. The molecule has 3 rings (SSSR count). The van der Waals surface area contributed by atoms with E-state index in [1.54, 1.807) is 0 Å². The molecule has 0 saturated heterocycles. The van der Waals surface area contributed by atoms with E-state index >= 15 is 0 Å². The number of allylic oxidation sites excluding steroid dienone is 2. The number of benzene rings is 2. The average Bonchev–Trinajstić information content (AvgIpc) is 2.59. The molecule has 2 aromatic carbocycles. The summed E-state index contributed by atoms with van der Waals surface area (Å²) in [5.41, 5.74) is 4.23. The first kappa shape index (κ1) is 17.4. The van der Waals surface area contributed by atoms with Crippen molar-refractivity contribution in [1.82, 2.24) is 0 Å². The Morgan fingerprint density at radius 3 is 1.52 bits per heavy atom. The largest absolute Gasteiger partial charge is 0.289 e. The average molecular weight is 330 g/mol. The first-order valence-corrected chi connectivity index (χ1v) is 8.99. The Bertz CT molecular complexity index is 727. The Balaban J connectivity index is 2.00. The highest BCUT2D eigenvalue weighted by atomic mass is 16.1. The predicted molar refractivity (Wildman–Crippen MR) is 106 cm³/mol. The molecule has 0 heterocycles. The number of carbonyl (C=O) groups is 1. The van der Waals surface area contributed by atoms with E-state index in [1.165, 1.54) is 0 Å². The van der Waals surface area contributed by atoms with Gasteiger partial charge in [0.2, 0.25) is 0 Å². The molecule has 0 aliphatic heterocycles. The second-order valence-electron chi connectivity index (χ2n) is 7.96. The van der Waals surface area contributed by atoms with Crippen LogP contribution in [-0.2, 0) is 4.79 Å². The molecule has 0 aromatic heterocycles. The Kier molecular flexibility index (Phi) is 5.03. The summed E-state index contributed by atoms with van der Waals surface area (Å²) in [5.74, 6) is 0.670. The Morgan fingerprint density at radius 2 is 1.16 bits per heavy atom. The van der Waals surface area contributed by atoms with Crippen LogP contribution in [0.3, 0.4) is 0 Å². The lowest BCUT2D eigenvalue weighted by molar-refractivity contribution is -0.113. The Hall–Kier alpha value is -2.41. The van der Waals surface area contributed by atoms with Gasteiger partial charge in [0.1, 0.15) is 0 Å². The molecule has 0 spiro atoms. The van der Waals surface area contributed by atoms with Crippen LogP contribution >= 0.6 is 0 Å². The van der Waals surface area contributed by atoms with Crippen molar-refractivity contribution in [2.24, 2.45) is 11.3 Å². The summed E-state index contributed by atoms with van der Waals surface area (Å²) in [5, 5.41) is 0. The fourth-order valence-corrected chi connectivity index (χ4v) is 3.36. The maximum Gasteiger partial charge on any atom is 0.185 e. The van der Waals surface area contributed by atoms with E-state index in [9.17, 15) is 4.79 Å². The second kappa shape index (κ2) is 7.23. The maximum absolute atomic E-state index is 13.1. The molecule has 1 aliphatic rings. The number of Topliss-reactive ketones (excluding diaryl/α,β-unsaturated/α-hetero) is 1. The van der Waals surface area contributed by atoms with Crippen LogP contribution in [0.5, 0.6) is 0 Å². The molecular formula is C24H26O. The highest BCUT2D eigenvalue weighted by Crippen LogP contribution is 2.41. The van der Waals surface area contributed by atoms with Crippen molar-refractivity contribution in [2.45, 2.75) is 33.6 Å². The first-order valence-electron chi connectivity index (χ1n) is 8.99. The summed E-state index contributed by atoms with van der Waals surface area (Å²) in [6.45, 7) is 6.81. The van der Waals surface area contributed by atoms with Crippen LogP contribution < -0.4 is 0 Å². The molecule has 0 unspecified atom stereocenters. The van der Waals surface area contributed by atoms with Crippen molar-refractivity contribution in [3.63, 3.8) is 0 Å². The SMILES string of the molecule is CC(C)(C)C1C/C(=C\c2ccccc2)C(=O)/C(=C/c2ccccc2)C1. The molecule has 1 fully saturated rings. The fourth-order valence-electron chi connectivity index (χ4n) is 3.36. The van der Waals surface area contributed by atoms with Gasteiger partial charge >= 0.3 is 0 Å². The van der Waals surface area contributed by atoms with Gasteiger partial charge in [-0.1, -0.05) is 81.4 Å². The smallest absolute Gasteiger partial charge is 0.185 e. The topological polar surface area (TPSA) is 17.1 Å². The molecule has 0 N–H and O–H groups in total. The van der Waals surface area contributed by atoms with E-state index in [2.05, 4.69) is 57.2 Å². The summed E-state index contributed by atoms with van der Waals surface area (Å²) in [4.78, 5) is 13.1. The van der Waals surface area contributed by atoms with Gasteiger partial charge in [-0.05, 0) is 47.5 Å². The molecule has 0 radical (unpaired) electrons. The highest BCUT2D eigenvalue weighted by Gasteiger charge is 2.34. The van der Waals surface area contributed by atoms with E-state index in [-0.39, 0.29) is 11.2 Å². The van der Waals surface area contributed by atoms with E-state index in [0.29, 0.717) is 5.92 Å². The van der Waals surface area contributed by atoms with Crippen LogP contribution in [0.1, 0.15) is 44.7 Å². The van der Waals surface area contributed by atoms with Gasteiger partial charge in [-0.2, -0.15) is 0 Å². The predicted octanol–water partition coefficient (Wildman–Crippen LogP) is 6.18. The zero-order valence-corrected chi connectivity index (χ0v) is 15.3. The lowest BCUT2D eigenvalue weighted by Crippen LogP contribution is -2.29. The zero-order chi connectivity index (χ0) is 17.9. The number of carbonyl (C=O) groups excluding carboxylic acids is 1. The van der Waals surface area contributed by atoms with Crippen LogP contribution in [0.2, 0.25) is 0 Å². The van der Waals surface area contributed by atoms with E-state index in [1.807, 2.05) is 36.4 Å². The van der Waals surface area contributed by atoms with Gasteiger partial charge in [0, 0.05) is 11.1 Å². The van der Waals surface area contributed by atoms with E-state index in [4.69, 9.17) is 0 Å². The van der Waals surface area contributed by atoms with Gasteiger partial charge in [0.15, 0.2) is 5.78 Å². The van der Waals surface area contributed by atoms with Crippen LogP contribution in [0.25, 0.3) is 12.2 Å². The molecular weight excluding hydrogens is 304 g/mol. The summed E-state index contributed by atoms with van der Waals surface area (Å²) in [6.07, 6.45) is 5.84. The molecule has 1 nitrogen and oxygen atoms in total. The van der Waals surface area contributed by atoms with Gasteiger partial charge in [-0.15, -0.1) is 0 Å². The molecule has 2 aromatic rings. The second-order valence-corrected chi connectivity index (χ2v) is 7.96. The molecule has 1 aliphatic carbocycles. The molecule has 128 valence electrons. The van der Waals surface area contributed by atoms with Crippen molar-refractivity contribution in [3.8, 4) is 0 Å². The van der Waals surface area contributed by atoms with Crippen molar-refractivity contribution < 1.29 is 4.79 Å². The molecule has 0 bridgehead atoms. The van der Waals surface area contributed by atoms with Crippen LogP contribution in [0, 0.1) is 11.3 Å². The Labute approximate surface area is 151 Å². The summed E-state index contributed by atoms with van der Waals surface area (Å²) in [6, 6.07) is 20.3. The quantitative estimate of drug-likeness (QED) is 0.601. The monoisotopic (exact) mass is 330 g/mol. The summed E-state index contributed by atoms with van der Waals surface area (Å²) >= 11 is 0. The fraction of sp³-hybridized carbons (Fsp3) is 0.292. The van der Waals surface area contributed by atoms with Crippen molar-refractivity contribution in [2.75, 3.05) is 0 Å². The minimum absolute atomic E-state index is 0.173. The van der Waals surface area contributed by atoms with Gasteiger partial charge < -0.3 is 0 Å². The van der Waals surface area contributed by atoms with Gasteiger partial charge in [0.25, 0.3) is 0 Å². The van der Waals surface area contributed by atoms with Crippen LogP contribution in [0.4, 0.5) is 0 Å². The van der Waals surface area contributed by atoms with E-state index < -0.39 is 0 Å². The maximum atomic E-state index is 13.1. The highest BCUT2D eigenvalue weighted by molar-refractivity contribution is 6.14. The van der Waals surface area contributed by atoms with Gasteiger partial charge in [-0.3, -0.25) is 4.79 Å². The van der Waals surface area contributed by atoms with Crippen molar-refractivity contribution in [1.29, 1.82) is 0 Å². The minimum atomic E-state index is 0.173. The molecule has 1 saturated carbocycles. The Morgan fingerprint density at radius 1 is 0.760 bits per heavy atom. The number of ketones is 1. The van der Waals surface area contributed by atoms with Crippen LogP contribution in [0.15, 0.2) is 71.8 Å². The summed E-state index contributed by atoms with van der Waals surface area (Å²) in [7, 11) is 0. The minimum Gasteiger partial charge on any atom is -0.289 e. The van der Waals surface area contributed by atoms with Gasteiger partial charge in [0.05, 0.1) is 0 Å². The molecule has 25 heavy (non-hydrogen) atoms. The molecule has 1 heteroatoms. The molecule has 0 atom stereocenters. The third-order valence-electron chi connectivity index (χ3n) is 5.02. The van der Waals surface area contributed by atoms with Gasteiger partial charge in [-0.25, -0.2) is 0 Å². The van der Waals surface area contributed by atoms with Crippen LogP contribution in [-0.4, -0.2) is 5.78 Å². The molecule has 0 amide bonds. The third kappa shape index (κ3) is 4.36. The zero-order valence-electron chi connectivity index (χ0n) is 15.3. The standard InChI is InChI=1S/C24H26O/c1-24(2,3)22-16-20(14-18-10-6-4-7-11-18)23(25)21(17-22)15-19-12-8-5-9-13-19/h4-15,22H,16-17H2,1-3H3/b20-14+,21-15+.